The molecule has 0 aromatic rings. The molecule has 1 aliphatic heterocycles. The van der Waals surface area contributed by atoms with Crippen molar-refractivity contribution < 1.29 is 18.7 Å². The van der Waals surface area contributed by atoms with Gasteiger partial charge in [-0.05, 0) is 6.42 Å². The van der Waals surface area contributed by atoms with Gasteiger partial charge in [0.1, 0.15) is 0 Å². The highest BCUT2D eigenvalue weighted by atomic mass is 19.5. The van der Waals surface area contributed by atoms with E-state index in [1.807, 2.05) is 0 Å². The molecule has 1 aliphatic rings. The van der Waals surface area contributed by atoms with Gasteiger partial charge >= 0.3 is 8.68 Å². The smallest absolute Gasteiger partial charge is 0.418 e. The Balaban J connectivity index is 0. The van der Waals surface area contributed by atoms with Crippen LogP contribution in [0, 0.1) is 0 Å². The first-order valence-corrected chi connectivity index (χ1v) is 7.33. The minimum absolute atomic E-state index is 0. The lowest BCUT2D eigenvalue weighted by atomic mass is 10.1. The molecule has 0 radical (unpaired) electrons. The maximum absolute atomic E-state index is 9.75. The van der Waals surface area contributed by atoms with Crippen LogP contribution in [0.5, 0.6) is 0 Å². The fraction of sp³-hybridized carbons (Fsp3) is 0.846. The highest BCUT2D eigenvalue weighted by Gasteiger charge is 2.20. The normalized spacial score (nSPS) is 14.5. The molecule has 7 heteroatoms. The standard InChI is InChI=1S/C13H26N2.BF4/c1-3-4-5-6-7-8-9-10-15-12-11-14(2)13-15;2-1(3,4)5/h11-12H,3-10,13H2,1-2H3;/q;-1/p+1. The Morgan fingerprint density at radius 3 is 1.90 bits per heavy atom. The summed E-state index contributed by atoms with van der Waals surface area (Å²) in [7, 11) is -3.87. The van der Waals surface area contributed by atoms with E-state index in [4.69, 9.17) is 0 Å². The molecular weight excluding hydrogens is 271 g/mol. The van der Waals surface area contributed by atoms with Gasteiger partial charge in [0.05, 0.1) is 6.67 Å². The zero-order chi connectivity index (χ0) is 15.4. The van der Waals surface area contributed by atoms with Crippen LogP contribution in [0.2, 0.25) is 0 Å². The lowest BCUT2D eigenvalue weighted by molar-refractivity contribution is 0.290. The van der Waals surface area contributed by atoms with Crippen LogP contribution in [0.3, 0.4) is 0 Å². The van der Waals surface area contributed by atoms with Crippen molar-refractivity contribution in [3.05, 3.63) is 12.4 Å². The van der Waals surface area contributed by atoms with Crippen LogP contribution in [0.15, 0.2) is 12.4 Å². The third-order valence-electron chi connectivity index (χ3n) is 2.99. The molecule has 0 fully saturated rings. The molecule has 0 aromatic heterocycles. The van der Waals surface area contributed by atoms with Gasteiger partial charge in [-0.15, -0.1) is 0 Å². The summed E-state index contributed by atoms with van der Waals surface area (Å²) in [6.07, 6.45) is 14.2. The Morgan fingerprint density at radius 2 is 1.45 bits per heavy atom. The molecular formula is C13H27BF4N2. The van der Waals surface area contributed by atoms with Crippen LogP contribution in [0.1, 0.15) is 53.3 Å². The molecule has 0 aromatic carbocycles. The van der Waals surface area contributed by atoms with Crippen molar-refractivity contribution in [3.8, 4) is 0 Å². The molecule has 0 N–H and O–H groups in total. The van der Waals surface area contributed by atoms with Gasteiger partial charge in [-0.3, -0.25) is 0 Å². The van der Waals surface area contributed by atoms with E-state index in [0.717, 1.165) is 6.67 Å². The van der Waals surface area contributed by atoms with Crippen molar-refractivity contribution in [1.82, 2.24) is 9.80 Å². The summed E-state index contributed by atoms with van der Waals surface area (Å²) in [6.45, 7) is 4.58. The monoisotopic (exact) mass is 298 g/mol. The van der Waals surface area contributed by atoms with E-state index < -0.39 is 7.25 Å². The Hall–Kier alpha value is -0.875. The fourth-order valence-electron chi connectivity index (χ4n) is 2.01. The lowest BCUT2D eigenvalue weighted by Gasteiger charge is -2.17. The van der Waals surface area contributed by atoms with Gasteiger partial charge in [0, 0.05) is 26.0 Å². The van der Waals surface area contributed by atoms with Gasteiger partial charge in [-0.25, -0.2) is 0 Å². The Bertz CT molecular complexity index is 259. The predicted octanol–water partition coefficient (Wildman–Crippen LogP) is 4.83. The molecule has 0 unspecified atom stereocenters. The third-order valence-corrected chi connectivity index (χ3v) is 2.99. The zero-order valence-corrected chi connectivity index (χ0v) is 12.5. The molecule has 0 bridgehead atoms. The average molecular weight is 298 g/mol. The highest BCUT2D eigenvalue weighted by Crippen LogP contribution is 2.09. The second-order valence-corrected chi connectivity index (χ2v) is 5.13. The summed E-state index contributed by atoms with van der Waals surface area (Å²) in [5.74, 6) is 0. The van der Waals surface area contributed by atoms with Gasteiger partial charge in [0.15, 0.2) is 0 Å². The van der Waals surface area contributed by atoms with E-state index in [1.54, 1.807) is 0 Å². The highest BCUT2D eigenvalue weighted by molar-refractivity contribution is 6.50. The van der Waals surface area contributed by atoms with Crippen molar-refractivity contribution in [2.24, 2.45) is 0 Å². The number of unbranched alkanes of at least 4 members (excludes halogenated alkanes) is 6. The predicted molar refractivity (Wildman–Crippen MR) is 77.8 cm³/mol. The van der Waals surface area contributed by atoms with E-state index in [2.05, 4.69) is 36.2 Å². The maximum Gasteiger partial charge on any atom is 1.00 e. The zero-order valence-electron chi connectivity index (χ0n) is 13.5. The number of halogens is 4. The first-order chi connectivity index (χ1) is 9.33. The lowest BCUT2D eigenvalue weighted by Crippen LogP contribution is -2.23. The van der Waals surface area contributed by atoms with Gasteiger partial charge in [-0.2, -0.15) is 0 Å². The first-order valence-electron chi connectivity index (χ1n) is 7.33. The summed E-state index contributed by atoms with van der Waals surface area (Å²) in [4.78, 5) is 4.62. The number of hydrogen-bond donors (Lipinski definition) is 0. The minimum Gasteiger partial charge on any atom is -0.418 e. The molecule has 0 atom stereocenters. The largest absolute Gasteiger partial charge is 1.00 e. The second-order valence-electron chi connectivity index (χ2n) is 5.13. The topological polar surface area (TPSA) is 6.48 Å². The van der Waals surface area contributed by atoms with Gasteiger partial charge in [0.2, 0.25) is 0 Å². The molecule has 120 valence electrons. The third kappa shape index (κ3) is 15.2. The SMILES string of the molecule is CCCCCCCCCN1C=CN(C)C1.F[B-](F)(F)F.[H+]. The number of nitrogens with zero attached hydrogens (tertiary/aromatic N) is 2. The van der Waals surface area contributed by atoms with Crippen LogP contribution in [0.25, 0.3) is 0 Å². The van der Waals surface area contributed by atoms with Crippen LogP contribution in [0.4, 0.5) is 17.3 Å². The van der Waals surface area contributed by atoms with E-state index >= 15 is 0 Å². The fourth-order valence-corrected chi connectivity index (χ4v) is 2.01. The molecule has 0 aliphatic carbocycles. The van der Waals surface area contributed by atoms with Crippen molar-refractivity contribution in [3.63, 3.8) is 0 Å². The minimum atomic E-state index is -6.00. The Labute approximate surface area is 121 Å². The maximum atomic E-state index is 9.75. The van der Waals surface area contributed by atoms with Crippen LogP contribution >= 0.6 is 0 Å². The number of rotatable bonds is 8. The van der Waals surface area contributed by atoms with Crippen molar-refractivity contribution in [2.45, 2.75) is 51.9 Å². The summed E-state index contributed by atoms with van der Waals surface area (Å²) < 4.78 is 39.0. The summed E-state index contributed by atoms with van der Waals surface area (Å²) in [6, 6.07) is 0. The van der Waals surface area contributed by atoms with Gasteiger partial charge in [-0.1, -0.05) is 45.4 Å². The van der Waals surface area contributed by atoms with Crippen LogP contribution in [-0.4, -0.2) is 37.3 Å². The quantitative estimate of drug-likeness (QED) is 0.360. The molecule has 0 amide bonds. The van der Waals surface area contributed by atoms with Crippen molar-refractivity contribution in [2.75, 3.05) is 20.3 Å². The molecule has 2 nitrogen and oxygen atoms in total. The summed E-state index contributed by atoms with van der Waals surface area (Å²) >= 11 is 0. The second kappa shape index (κ2) is 10.9. The van der Waals surface area contributed by atoms with E-state index in [-0.39, 0.29) is 1.43 Å². The van der Waals surface area contributed by atoms with Gasteiger partial charge < -0.3 is 27.1 Å². The molecule has 1 rings (SSSR count). The number of hydrogen-bond acceptors (Lipinski definition) is 2. The summed E-state index contributed by atoms with van der Waals surface area (Å²) in [5.41, 5.74) is 0. The first kappa shape index (κ1) is 19.1. The van der Waals surface area contributed by atoms with Crippen molar-refractivity contribution >= 4 is 7.25 Å². The molecule has 0 saturated carbocycles. The van der Waals surface area contributed by atoms with Gasteiger partial charge in [0.25, 0.3) is 0 Å². The van der Waals surface area contributed by atoms with Crippen LogP contribution < -0.4 is 0 Å². The molecule has 0 saturated heterocycles. The van der Waals surface area contributed by atoms with Crippen molar-refractivity contribution in [1.29, 1.82) is 0 Å². The average Bonchev–Trinajstić information content (AvgIpc) is 2.72. The molecule has 1 heterocycles. The Morgan fingerprint density at radius 1 is 0.950 bits per heavy atom. The molecule has 0 spiro atoms. The van der Waals surface area contributed by atoms with E-state index in [9.17, 15) is 17.3 Å². The summed E-state index contributed by atoms with van der Waals surface area (Å²) in [5, 5.41) is 0. The van der Waals surface area contributed by atoms with E-state index in [0.29, 0.717) is 0 Å². The Kier molecular flexibility index (Phi) is 10.4. The van der Waals surface area contributed by atoms with E-state index in [1.165, 1.54) is 51.5 Å². The molecule has 20 heavy (non-hydrogen) atoms. The van der Waals surface area contributed by atoms with Crippen LogP contribution in [-0.2, 0) is 0 Å².